The second-order valence-electron chi connectivity index (χ2n) is 6.70. The quantitative estimate of drug-likeness (QED) is 0.650. The minimum atomic E-state index is -0.456. The van der Waals surface area contributed by atoms with E-state index in [1.165, 1.54) is 6.08 Å². The van der Waals surface area contributed by atoms with Crippen molar-refractivity contribution in [1.82, 2.24) is 4.90 Å². The first-order valence-electron chi connectivity index (χ1n) is 8.68. The molecule has 0 radical (unpaired) electrons. The molecule has 0 aromatic heterocycles. The van der Waals surface area contributed by atoms with Gasteiger partial charge in [0.05, 0.1) is 10.6 Å². The van der Waals surface area contributed by atoms with Gasteiger partial charge in [0.15, 0.2) is 0 Å². The number of rotatable bonds is 6. The third-order valence-corrected chi connectivity index (χ3v) is 5.14. The van der Waals surface area contributed by atoms with Crippen molar-refractivity contribution in [3.05, 3.63) is 64.5 Å². The van der Waals surface area contributed by atoms with Crippen LogP contribution in [0.25, 0.3) is 0 Å². The summed E-state index contributed by atoms with van der Waals surface area (Å²) < 4.78 is 13.5. The lowest BCUT2D eigenvalue weighted by Gasteiger charge is -2.32. The maximum Gasteiger partial charge on any atom is 0.116 e. The predicted octanol–water partition coefficient (Wildman–Crippen LogP) is 5.10. The van der Waals surface area contributed by atoms with Crippen molar-refractivity contribution >= 4 is 17.3 Å². The summed E-state index contributed by atoms with van der Waals surface area (Å²) in [6.07, 6.45) is 4.48. The summed E-state index contributed by atoms with van der Waals surface area (Å²) in [5.41, 5.74) is 3.29. The zero-order valence-corrected chi connectivity index (χ0v) is 16.4. The molecule has 0 N–H and O–H groups in total. The number of halogens is 2. The first-order chi connectivity index (χ1) is 12.3. The largest absolute Gasteiger partial charge is 0.363 e. The van der Waals surface area contributed by atoms with Gasteiger partial charge < -0.3 is 9.80 Å². The zero-order chi connectivity index (χ0) is 19.3. The number of likely N-dealkylation sites (tertiary alicyclic amines) is 1. The van der Waals surface area contributed by atoms with Crippen LogP contribution in [0.5, 0.6) is 0 Å². The molecule has 1 aliphatic heterocycles. The lowest BCUT2D eigenvalue weighted by molar-refractivity contribution is 0.408. The van der Waals surface area contributed by atoms with Crippen molar-refractivity contribution in [1.29, 1.82) is 5.26 Å². The molecule has 0 saturated carbocycles. The summed E-state index contributed by atoms with van der Waals surface area (Å²) in [6.45, 7) is 9.80. The third-order valence-electron chi connectivity index (χ3n) is 4.82. The molecule has 138 valence electrons. The molecule has 26 heavy (non-hydrogen) atoms. The molecule has 0 amide bonds. The molecule has 0 bridgehead atoms. The monoisotopic (exact) mass is 373 g/mol. The number of nitriles is 1. The Balaban J connectivity index is 2.43. The highest BCUT2D eigenvalue weighted by molar-refractivity contribution is 6.32. The molecule has 0 unspecified atom stereocenters. The Morgan fingerprint density at radius 1 is 1.54 bits per heavy atom. The van der Waals surface area contributed by atoms with E-state index in [-0.39, 0.29) is 0 Å². The van der Waals surface area contributed by atoms with Gasteiger partial charge in [0.25, 0.3) is 0 Å². The molecule has 1 fully saturated rings. The third kappa shape index (κ3) is 4.97. The first kappa shape index (κ1) is 20.2. The van der Waals surface area contributed by atoms with E-state index in [4.69, 9.17) is 16.9 Å². The Morgan fingerprint density at radius 3 is 2.77 bits per heavy atom. The van der Waals surface area contributed by atoms with Gasteiger partial charge in [-0.25, -0.2) is 4.39 Å². The average molecular weight is 374 g/mol. The van der Waals surface area contributed by atoms with Gasteiger partial charge in [0, 0.05) is 24.8 Å². The number of allylic oxidation sites excluding steroid dienone is 3. The van der Waals surface area contributed by atoms with Gasteiger partial charge in [0.1, 0.15) is 11.9 Å². The number of nitrogens with zero attached hydrogens (tertiary/aromatic N) is 3. The summed E-state index contributed by atoms with van der Waals surface area (Å²) in [5, 5.41) is 9.56. The highest BCUT2D eigenvalue weighted by atomic mass is 35.5. The maximum atomic E-state index is 13.5. The molecule has 0 aliphatic carbocycles. The number of hydrogen-bond donors (Lipinski definition) is 0. The van der Waals surface area contributed by atoms with Crippen LogP contribution in [0.4, 0.5) is 10.1 Å². The fourth-order valence-electron chi connectivity index (χ4n) is 3.21. The standard InChI is InChI=1S/C21H25ClFN3/c1-5-15(2)18(10-16(3)23)13-26(20-8-9-25(4)14-20)19-7-6-17(12-24)21(22)11-19/h5-7,10-11,20H,3,8-9,13-14H2,1-2,4H3/b15-5?,18-10-/t20-/m0/s1. The van der Waals surface area contributed by atoms with E-state index in [9.17, 15) is 4.39 Å². The van der Waals surface area contributed by atoms with Crippen LogP contribution in [0.15, 0.2) is 53.9 Å². The van der Waals surface area contributed by atoms with Crippen molar-refractivity contribution in [2.75, 3.05) is 31.6 Å². The molecule has 3 nitrogen and oxygen atoms in total. The lowest BCUT2D eigenvalue weighted by Crippen LogP contribution is -2.38. The number of hydrogen-bond acceptors (Lipinski definition) is 3. The minimum absolute atomic E-state index is 0.296. The molecule has 1 aromatic rings. The summed E-state index contributed by atoms with van der Waals surface area (Å²) >= 11 is 6.26. The van der Waals surface area contributed by atoms with Gasteiger partial charge in [-0.15, -0.1) is 0 Å². The normalized spacial score (nSPS) is 18.7. The lowest BCUT2D eigenvalue weighted by atomic mass is 10.0. The Kier molecular flexibility index (Phi) is 7.02. The zero-order valence-electron chi connectivity index (χ0n) is 15.6. The second-order valence-corrected chi connectivity index (χ2v) is 7.10. The van der Waals surface area contributed by atoms with E-state index in [1.54, 1.807) is 6.07 Å². The molecule has 1 saturated heterocycles. The summed E-state index contributed by atoms with van der Waals surface area (Å²) in [4.78, 5) is 4.53. The number of anilines is 1. The predicted molar refractivity (Wildman–Crippen MR) is 107 cm³/mol. The molecule has 2 rings (SSSR count). The second kappa shape index (κ2) is 9.02. The van der Waals surface area contributed by atoms with Gasteiger partial charge in [0.2, 0.25) is 0 Å². The van der Waals surface area contributed by atoms with Crippen LogP contribution in [0.3, 0.4) is 0 Å². The van der Waals surface area contributed by atoms with Crippen molar-refractivity contribution in [3.8, 4) is 6.07 Å². The molecule has 1 aliphatic rings. The van der Waals surface area contributed by atoms with Gasteiger partial charge in [-0.05, 0) is 63.7 Å². The van der Waals surface area contributed by atoms with Gasteiger partial charge in [-0.2, -0.15) is 5.26 Å². The fourth-order valence-corrected chi connectivity index (χ4v) is 3.43. The number of benzene rings is 1. The van der Waals surface area contributed by atoms with Crippen LogP contribution >= 0.6 is 11.6 Å². The smallest absolute Gasteiger partial charge is 0.116 e. The molecule has 1 heterocycles. The van der Waals surface area contributed by atoms with E-state index in [2.05, 4.69) is 29.5 Å². The van der Waals surface area contributed by atoms with Crippen molar-refractivity contribution in [2.45, 2.75) is 26.3 Å². The van der Waals surface area contributed by atoms with Crippen molar-refractivity contribution in [2.24, 2.45) is 0 Å². The molecular formula is C21H25ClFN3. The van der Waals surface area contributed by atoms with Crippen LogP contribution in [-0.2, 0) is 0 Å². The molecular weight excluding hydrogens is 349 g/mol. The van der Waals surface area contributed by atoms with Crippen LogP contribution in [0.2, 0.25) is 5.02 Å². The van der Waals surface area contributed by atoms with Gasteiger partial charge >= 0.3 is 0 Å². The Labute approximate surface area is 160 Å². The Bertz CT molecular complexity index is 776. The maximum absolute atomic E-state index is 13.5. The van der Waals surface area contributed by atoms with Crippen LogP contribution in [0.1, 0.15) is 25.8 Å². The van der Waals surface area contributed by atoms with Crippen LogP contribution < -0.4 is 4.90 Å². The topological polar surface area (TPSA) is 30.3 Å². The summed E-state index contributed by atoms with van der Waals surface area (Å²) in [5.74, 6) is -0.456. The molecule has 5 heteroatoms. The average Bonchev–Trinajstić information content (AvgIpc) is 3.03. The SMILES string of the molecule is C=C(F)/C=C(/CN(c1ccc(C#N)c(Cl)c1)[C@H]1CCN(C)C1)C(C)=CC. The highest BCUT2D eigenvalue weighted by Gasteiger charge is 2.27. The fraction of sp³-hybridized carbons (Fsp3) is 0.381. The summed E-state index contributed by atoms with van der Waals surface area (Å²) in [6, 6.07) is 7.86. The minimum Gasteiger partial charge on any atom is -0.363 e. The van der Waals surface area contributed by atoms with E-state index < -0.39 is 5.83 Å². The molecule has 1 aromatic carbocycles. The van der Waals surface area contributed by atoms with E-state index in [0.717, 1.165) is 36.3 Å². The van der Waals surface area contributed by atoms with Gasteiger partial charge in [-0.3, -0.25) is 0 Å². The first-order valence-corrected chi connectivity index (χ1v) is 9.06. The Hall–Kier alpha value is -2.09. The molecule has 1 atom stereocenters. The highest BCUT2D eigenvalue weighted by Crippen LogP contribution is 2.29. The number of likely N-dealkylation sites (N-methyl/N-ethyl adjacent to an activating group) is 1. The van der Waals surface area contributed by atoms with Gasteiger partial charge in [-0.1, -0.05) is 29.8 Å². The van der Waals surface area contributed by atoms with Crippen molar-refractivity contribution in [3.63, 3.8) is 0 Å². The van der Waals surface area contributed by atoms with E-state index in [0.29, 0.717) is 23.2 Å². The molecule has 0 spiro atoms. The van der Waals surface area contributed by atoms with Crippen LogP contribution in [0, 0.1) is 11.3 Å². The van der Waals surface area contributed by atoms with E-state index in [1.807, 2.05) is 32.1 Å². The van der Waals surface area contributed by atoms with Crippen LogP contribution in [-0.4, -0.2) is 37.6 Å². The summed E-state index contributed by atoms with van der Waals surface area (Å²) in [7, 11) is 2.10. The van der Waals surface area contributed by atoms with Crippen molar-refractivity contribution < 1.29 is 4.39 Å². The van der Waals surface area contributed by atoms with E-state index >= 15 is 0 Å². The Morgan fingerprint density at radius 2 is 2.27 bits per heavy atom.